The first-order valence-electron chi connectivity index (χ1n) is 20.6. The predicted molar refractivity (Wildman–Crippen MR) is 233 cm³/mol. The van der Waals surface area contributed by atoms with E-state index in [-0.39, 0.29) is 49.9 Å². The molecule has 0 aromatic heterocycles. The predicted octanol–water partition coefficient (Wildman–Crippen LogP) is 4.69. The summed E-state index contributed by atoms with van der Waals surface area (Å²) in [6, 6.07) is 29.7. The molecule has 7 atom stereocenters. The van der Waals surface area contributed by atoms with Gasteiger partial charge in [0.1, 0.15) is 24.9 Å². The van der Waals surface area contributed by atoms with Crippen LogP contribution in [0.5, 0.6) is 0 Å². The standard InChI is InChI=1S/C47H52N2O13S/c1-28(50)48-41-40(53)25-47(45(57)59-2,62-43(41)42(54)39(52)22-21-38(51)31-19-17-30(18-20-31)29-11-4-3-5-12-29)61-23-10-24-63-27-37(44(55)56)49-46(58)60-26-36-34-15-8-6-13-32(34)33-14-7-9-16-35(33)36/h3-9,11-20,36-37,39-43,52-54H,10,21-27H2,1-2H3,(H,48,50)(H,49,58)(H,55,56)/t37?,39-,40-,41-,42-,43?,47-/m1/s1. The van der Waals surface area contributed by atoms with Gasteiger partial charge in [0.05, 0.1) is 32.0 Å². The van der Waals surface area contributed by atoms with Crippen LogP contribution in [0.3, 0.4) is 0 Å². The largest absolute Gasteiger partial charge is 0.480 e. The zero-order valence-electron chi connectivity index (χ0n) is 34.9. The number of Topliss-reactive ketones (excluding diaryl/α,β-unsaturated/α-hetero) is 1. The lowest BCUT2D eigenvalue weighted by atomic mass is 9.87. The maximum Gasteiger partial charge on any atom is 0.407 e. The number of amides is 2. The molecule has 1 saturated heterocycles. The molecule has 16 heteroatoms. The molecule has 1 fully saturated rings. The number of ether oxygens (including phenoxy) is 4. The average molecular weight is 885 g/mol. The Morgan fingerprint density at radius 2 is 1.49 bits per heavy atom. The van der Waals surface area contributed by atoms with Crippen LogP contribution < -0.4 is 10.6 Å². The van der Waals surface area contributed by atoms with E-state index >= 15 is 0 Å². The third-order valence-corrected chi connectivity index (χ3v) is 12.3. The fourth-order valence-corrected chi connectivity index (χ4v) is 8.90. The van der Waals surface area contributed by atoms with Gasteiger partial charge in [-0.3, -0.25) is 9.59 Å². The molecule has 0 spiro atoms. The Morgan fingerprint density at radius 3 is 2.11 bits per heavy atom. The average Bonchev–Trinajstić information content (AvgIpc) is 3.61. The van der Waals surface area contributed by atoms with Gasteiger partial charge in [0, 0.05) is 37.0 Å². The molecule has 1 aliphatic carbocycles. The van der Waals surface area contributed by atoms with Gasteiger partial charge < -0.3 is 50.0 Å². The zero-order valence-corrected chi connectivity index (χ0v) is 35.7. The van der Waals surface area contributed by atoms with Crippen LogP contribution in [0.15, 0.2) is 103 Å². The number of methoxy groups -OCH3 is 1. The number of carbonyl (C=O) groups is 5. The van der Waals surface area contributed by atoms with Crippen LogP contribution in [0, 0.1) is 0 Å². The molecule has 0 saturated carbocycles. The van der Waals surface area contributed by atoms with E-state index in [1.165, 1.54) is 18.7 Å². The second-order valence-corrected chi connectivity index (χ2v) is 16.6. The Morgan fingerprint density at radius 1 is 0.873 bits per heavy atom. The maximum absolute atomic E-state index is 13.3. The second kappa shape index (κ2) is 21.6. The fraction of sp³-hybridized carbons (Fsp3) is 0.383. The number of rotatable bonds is 20. The number of nitrogens with one attached hydrogen (secondary N) is 2. The highest BCUT2D eigenvalue weighted by Crippen LogP contribution is 2.44. The maximum atomic E-state index is 13.3. The summed E-state index contributed by atoms with van der Waals surface area (Å²) in [5, 5.41) is 48.5. The van der Waals surface area contributed by atoms with Crippen LogP contribution in [0.2, 0.25) is 0 Å². The highest BCUT2D eigenvalue weighted by Gasteiger charge is 2.56. The van der Waals surface area contributed by atoms with Gasteiger partial charge in [0.2, 0.25) is 5.91 Å². The number of hydrogen-bond donors (Lipinski definition) is 6. The van der Waals surface area contributed by atoms with Gasteiger partial charge in [0.25, 0.3) is 5.79 Å². The summed E-state index contributed by atoms with van der Waals surface area (Å²) in [5.74, 6) is -5.38. The molecule has 6 rings (SSSR count). The minimum Gasteiger partial charge on any atom is -0.480 e. The number of fused-ring (bicyclic) bond motifs is 3. The molecular weight excluding hydrogens is 833 g/mol. The number of thioether (sulfide) groups is 1. The van der Waals surface area contributed by atoms with Crippen molar-refractivity contribution < 1.29 is 63.3 Å². The number of hydrogen-bond acceptors (Lipinski definition) is 13. The van der Waals surface area contributed by atoms with Gasteiger partial charge in [0.15, 0.2) is 5.78 Å². The van der Waals surface area contributed by atoms with Crippen LogP contribution in [-0.2, 0) is 33.3 Å². The Balaban J connectivity index is 1.00. The lowest BCUT2D eigenvalue weighted by Gasteiger charge is -2.47. The summed E-state index contributed by atoms with van der Waals surface area (Å²) in [6.45, 7) is 1.04. The molecule has 2 amide bonds. The first kappa shape index (κ1) is 46.9. The molecule has 1 heterocycles. The summed E-state index contributed by atoms with van der Waals surface area (Å²) in [6.07, 6.45) is -8.07. The van der Waals surface area contributed by atoms with Crippen molar-refractivity contribution in [3.05, 3.63) is 120 Å². The summed E-state index contributed by atoms with van der Waals surface area (Å²) < 4.78 is 22.5. The third kappa shape index (κ3) is 11.5. The topological polar surface area (TPSA) is 227 Å². The Labute approximate surface area is 369 Å². The number of aliphatic hydroxyl groups excluding tert-OH is 3. The smallest absolute Gasteiger partial charge is 0.407 e. The quantitative estimate of drug-likeness (QED) is 0.0402. The van der Waals surface area contributed by atoms with Crippen molar-refractivity contribution >= 4 is 41.5 Å². The fourth-order valence-electron chi connectivity index (χ4n) is 7.94. The van der Waals surface area contributed by atoms with Crippen molar-refractivity contribution in [2.45, 2.75) is 80.8 Å². The van der Waals surface area contributed by atoms with Crippen LogP contribution in [0.4, 0.5) is 4.79 Å². The van der Waals surface area contributed by atoms with E-state index in [2.05, 4.69) is 10.6 Å². The van der Waals surface area contributed by atoms with Gasteiger partial charge in [-0.15, -0.1) is 0 Å². The minimum atomic E-state index is -2.27. The van der Waals surface area contributed by atoms with Crippen LogP contribution in [0.1, 0.15) is 60.0 Å². The van der Waals surface area contributed by atoms with Crippen molar-refractivity contribution in [3.63, 3.8) is 0 Å². The van der Waals surface area contributed by atoms with E-state index in [4.69, 9.17) is 18.9 Å². The lowest BCUT2D eigenvalue weighted by Crippen LogP contribution is -2.67. The number of carboxylic acids is 1. The molecule has 15 nitrogen and oxygen atoms in total. The highest BCUT2D eigenvalue weighted by atomic mass is 32.2. The summed E-state index contributed by atoms with van der Waals surface area (Å²) in [7, 11) is 1.08. The molecule has 334 valence electrons. The number of carbonyl (C=O) groups excluding carboxylic acids is 4. The van der Waals surface area contributed by atoms with Crippen molar-refractivity contribution in [1.82, 2.24) is 10.6 Å². The molecule has 4 aromatic rings. The number of alkyl carbamates (subject to hydrolysis) is 1. The highest BCUT2D eigenvalue weighted by molar-refractivity contribution is 7.99. The molecule has 6 N–H and O–H groups in total. The second-order valence-electron chi connectivity index (χ2n) is 15.4. The van der Waals surface area contributed by atoms with Crippen molar-refractivity contribution in [3.8, 4) is 22.3 Å². The first-order valence-corrected chi connectivity index (χ1v) is 21.8. The Kier molecular flexibility index (Phi) is 16.1. The van der Waals surface area contributed by atoms with Gasteiger partial charge in [-0.25, -0.2) is 14.4 Å². The molecule has 4 aromatic carbocycles. The molecule has 63 heavy (non-hydrogen) atoms. The van der Waals surface area contributed by atoms with Gasteiger partial charge >= 0.3 is 18.0 Å². The summed E-state index contributed by atoms with van der Waals surface area (Å²) in [5.41, 5.74) is 6.45. The lowest BCUT2D eigenvalue weighted by molar-refractivity contribution is -0.311. The normalized spacial score (nSPS) is 20.6. The number of carboxylic acid groups (broad SMARTS) is 1. The van der Waals surface area contributed by atoms with E-state index in [1.54, 1.807) is 12.1 Å². The molecular formula is C47H52N2O13S. The van der Waals surface area contributed by atoms with E-state index in [9.17, 15) is 44.4 Å². The number of aliphatic hydroxyl groups is 3. The number of benzene rings is 4. The molecule has 2 unspecified atom stereocenters. The van der Waals surface area contributed by atoms with Gasteiger partial charge in [-0.05, 0) is 52.0 Å². The van der Waals surface area contributed by atoms with Gasteiger partial charge in [-0.1, -0.05) is 103 Å². The molecule has 2 aliphatic rings. The minimum absolute atomic E-state index is 0.0162. The van der Waals surface area contributed by atoms with Crippen LogP contribution >= 0.6 is 11.8 Å². The van der Waals surface area contributed by atoms with Crippen molar-refractivity contribution in [2.24, 2.45) is 0 Å². The summed E-state index contributed by atoms with van der Waals surface area (Å²) in [4.78, 5) is 63.4. The van der Waals surface area contributed by atoms with Crippen molar-refractivity contribution in [1.29, 1.82) is 0 Å². The van der Waals surface area contributed by atoms with E-state index < -0.39 is 72.6 Å². The third-order valence-electron chi connectivity index (χ3n) is 11.1. The number of ketones is 1. The Hall–Kier alpha value is -5.62. The Bertz CT molecular complexity index is 2180. The van der Waals surface area contributed by atoms with Crippen LogP contribution in [0.25, 0.3) is 22.3 Å². The SMILES string of the molecule is COC(=O)[C@@]1(OCCCSCC(NC(=O)OCC2c3ccccc3-c3ccccc32)C(=O)O)C[C@@H](O)[C@@H](NC(C)=O)C([C@H](O)[C@H](O)CCC(=O)c2ccc(-c3ccccc3)cc2)O1. The van der Waals surface area contributed by atoms with Crippen LogP contribution in [-0.4, -0.2) is 124 Å². The zero-order chi connectivity index (χ0) is 45.1. The molecule has 1 aliphatic heterocycles. The van der Waals surface area contributed by atoms with E-state index in [0.717, 1.165) is 40.5 Å². The summed E-state index contributed by atoms with van der Waals surface area (Å²) >= 11 is 1.19. The number of esters is 1. The molecule has 0 bridgehead atoms. The monoisotopic (exact) mass is 884 g/mol. The number of aliphatic carboxylic acids is 1. The first-order chi connectivity index (χ1) is 30.3. The van der Waals surface area contributed by atoms with Crippen molar-refractivity contribution in [2.75, 3.05) is 31.8 Å². The van der Waals surface area contributed by atoms with E-state index in [1.807, 2.05) is 91.0 Å². The van der Waals surface area contributed by atoms with Gasteiger partial charge in [-0.2, -0.15) is 11.8 Å². The molecule has 0 radical (unpaired) electrons. The van der Waals surface area contributed by atoms with E-state index in [0.29, 0.717) is 11.3 Å².